The molecule has 2 unspecified atom stereocenters. The van der Waals surface area contributed by atoms with E-state index in [0.717, 1.165) is 44.1 Å². The number of amides is 2. The quantitative estimate of drug-likeness (QED) is 0.379. The molecule has 202 valence electrons. The van der Waals surface area contributed by atoms with Gasteiger partial charge in [-0.3, -0.25) is 19.4 Å². The van der Waals surface area contributed by atoms with Crippen LogP contribution in [-0.4, -0.2) is 45.7 Å². The lowest BCUT2D eigenvalue weighted by Crippen LogP contribution is -2.54. The molecule has 2 aliphatic rings. The Hall–Kier alpha value is -2.90. The molecule has 2 N–H and O–H groups in total. The van der Waals surface area contributed by atoms with Crippen molar-refractivity contribution in [3.05, 3.63) is 69.2 Å². The highest BCUT2D eigenvalue weighted by atomic mass is 35.5. The summed E-state index contributed by atoms with van der Waals surface area (Å²) in [6.45, 7) is 4.32. The summed E-state index contributed by atoms with van der Waals surface area (Å²) in [5.74, 6) is -1.26. The molecule has 1 fully saturated rings. The molecule has 1 aliphatic heterocycles. The van der Waals surface area contributed by atoms with Crippen molar-refractivity contribution in [2.75, 3.05) is 6.54 Å². The van der Waals surface area contributed by atoms with Gasteiger partial charge in [0, 0.05) is 27.7 Å². The standard InChI is InChI=1S/C29H33Cl2N3O4/c1-3-6-24(19-8-10-20(11-9-19)27(37)32-14-12-25(35)36)34-28(38)26(21-15-22(30)17-23(31)16-21)33-29(34)13-5-4-7-18(29)2/h8-11,15-18,24H,3-7,12-14H2,1-2H3,(H,32,37)(H,35,36)/t18?,24-,29?/m1/s1. The monoisotopic (exact) mass is 557 g/mol. The van der Waals surface area contributed by atoms with Crippen molar-refractivity contribution < 1.29 is 19.5 Å². The second-order valence-corrected chi connectivity index (χ2v) is 11.0. The van der Waals surface area contributed by atoms with Crippen molar-refractivity contribution in [3.63, 3.8) is 0 Å². The first-order valence-electron chi connectivity index (χ1n) is 13.2. The van der Waals surface area contributed by atoms with E-state index in [4.69, 9.17) is 33.3 Å². The maximum Gasteiger partial charge on any atom is 0.305 e. The number of hydrogen-bond acceptors (Lipinski definition) is 4. The molecule has 0 aromatic heterocycles. The van der Waals surface area contributed by atoms with Crippen LogP contribution in [0.15, 0.2) is 47.5 Å². The van der Waals surface area contributed by atoms with Crippen molar-refractivity contribution in [1.82, 2.24) is 10.2 Å². The highest BCUT2D eigenvalue weighted by molar-refractivity contribution is 6.47. The zero-order valence-electron chi connectivity index (χ0n) is 21.7. The minimum Gasteiger partial charge on any atom is -0.481 e. The van der Waals surface area contributed by atoms with Crippen LogP contribution >= 0.6 is 23.2 Å². The predicted octanol–water partition coefficient (Wildman–Crippen LogP) is 6.28. The van der Waals surface area contributed by atoms with E-state index >= 15 is 0 Å². The molecule has 1 aliphatic carbocycles. The van der Waals surface area contributed by atoms with Crippen LogP contribution in [-0.2, 0) is 9.59 Å². The van der Waals surface area contributed by atoms with Gasteiger partial charge in [-0.2, -0.15) is 0 Å². The molecule has 9 heteroatoms. The highest BCUT2D eigenvalue weighted by Crippen LogP contribution is 2.48. The summed E-state index contributed by atoms with van der Waals surface area (Å²) >= 11 is 12.6. The highest BCUT2D eigenvalue weighted by Gasteiger charge is 2.53. The lowest BCUT2D eigenvalue weighted by molar-refractivity contribution is -0.137. The van der Waals surface area contributed by atoms with Crippen LogP contribution in [0.2, 0.25) is 10.0 Å². The number of benzene rings is 2. The van der Waals surface area contributed by atoms with Crippen molar-refractivity contribution >= 4 is 46.7 Å². The molecule has 0 bridgehead atoms. The molecule has 0 saturated heterocycles. The van der Waals surface area contributed by atoms with Gasteiger partial charge in [-0.05, 0) is 67.5 Å². The number of nitrogens with one attached hydrogen (secondary N) is 1. The van der Waals surface area contributed by atoms with Gasteiger partial charge < -0.3 is 15.3 Å². The summed E-state index contributed by atoms with van der Waals surface area (Å²) in [6, 6.07) is 12.1. The molecule has 4 rings (SSSR count). The van der Waals surface area contributed by atoms with Gasteiger partial charge in [0.15, 0.2) is 0 Å². The SMILES string of the molecule is CCC[C@H](c1ccc(C(=O)NCCC(=O)O)cc1)N1C(=O)C(c2cc(Cl)cc(Cl)c2)=NC12CCCCC2C. The van der Waals surface area contributed by atoms with E-state index in [1.807, 2.05) is 17.0 Å². The third kappa shape index (κ3) is 5.74. The minimum absolute atomic E-state index is 0.0602. The summed E-state index contributed by atoms with van der Waals surface area (Å²) in [6.07, 6.45) is 5.30. The number of nitrogens with zero attached hydrogens (tertiary/aromatic N) is 2. The first-order chi connectivity index (χ1) is 18.2. The van der Waals surface area contributed by atoms with E-state index in [0.29, 0.717) is 26.9 Å². The smallest absolute Gasteiger partial charge is 0.305 e. The molecule has 7 nitrogen and oxygen atoms in total. The Morgan fingerprint density at radius 1 is 1.16 bits per heavy atom. The molecule has 1 saturated carbocycles. The van der Waals surface area contributed by atoms with E-state index < -0.39 is 11.6 Å². The fraction of sp³-hybridized carbons (Fsp3) is 0.448. The second kappa shape index (κ2) is 11.9. The number of halogens is 2. The average molecular weight is 559 g/mol. The summed E-state index contributed by atoms with van der Waals surface area (Å²) < 4.78 is 0. The molecule has 38 heavy (non-hydrogen) atoms. The molecular formula is C29H33Cl2N3O4. The Kier molecular flexibility index (Phi) is 8.78. The van der Waals surface area contributed by atoms with Gasteiger partial charge in [-0.1, -0.05) is 62.0 Å². The lowest BCUT2D eigenvalue weighted by atomic mass is 9.78. The number of aliphatic imine (C=N–C) groups is 1. The number of carboxylic acids is 1. The molecule has 2 amide bonds. The number of carbonyl (C=O) groups excluding carboxylic acids is 2. The second-order valence-electron chi connectivity index (χ2n) is 10.1. The molecule has 0 radical (unpaired) electrons. The van der Waals surface area contributed by atoms with Crippen molar-refractivity contribution in [1.29, 1.82) is 0 Å². The number of rotatable bonds is 9. The Balaban J connectivity index is 1.69. The summed E-state index contributed by atoms with van der Waals surface area (Å²) in [5, 5.41) is 12.3. The molecular weight excluding hydrogens is 525 g/mol. The molecule has 1 heterocycles. The third-order valence-electron chi connectivity index (χ3n) is 7.56. The van der Waals surface area contributed by atoms with Gasteiger partial charge in [-0.25, -0.2) is 0 Å². The molecule has 2 aromatic carbocycles. The largest absolute Gasteiger partial charge is 0.481 e. The number of carbonyl (C=O) groups is 3. The Labute approximate surface area is 233 Å². The molecule has 1 spiro atoms. The lowest BCUT2D eigenvalue weighted by Gasteiger charge is -2.47. The first kappa shape index (κ1) is 28.1. The number of carboxylic acid groups (broad SMARTS) is 1. The average Bonchev–Trinajstić information content (AvgIpc) is 3.16. The first-order valence-corrected chi connectivity index (χ1v) is 13.9. The molecule has 2 aromatic rings. The van der Waals surface area contributed by atoms with Gasteiger partial charge in [0.2, 0.25) is 0 Å². The van der Waals surface area contributed by atoms with E-state index in [2.05, 4.69) is 19.2 Å². The van der Waals surface area contributed by atoms with E-state index in [1.165, 1.54) is 0 Å². The van der Waals surface area contributed by atoms with Crippen LogP contribution in [0.1, 0.15) is 86.3 Å². The maximum atomic E-state index is 14.2. The zero-order chi connectivity index (χ0) is 27.4. The fourth-order valence-electron chi connectivity index (χ4n) is 5.67. The predicted molar refractivity (Wildman–Crippen MR) is 149 cm³/mol. The maximum absolute atomic E-state index is 14.2. The normalized spacial score (nSPS) is 21.9. The van der Waals surface area contributed by atoms with Crippen LogP contribution in [0, 0.1) is 5.92 Å². The van der Waals surface area contributed by atoms with Gasteiger partial charge in [-0.15, -0.1) is 0 Å². The zero-order valence-corrected chi connectivity index (χ0v) is 23.2. The van der Waals surface area contributed by atoms with E-state index in [9.17, 15) is 14.4 Å². The summed E-state index contributed by atoms with van der Waals surface area (Å²) in [4.78, 5) is 44.5. The Morgan fingerprint density at radius 3 is 2.45 bits per heavy atom. The van der Waals surface area contributed by atoms with Gasteiger partial charge in [0.05, 0.1) is 12.5 Å². The minimum atomic E-state index is -0.967. The Morgan fingerprint density at radius 2 is 1.84 bits per heavy atom. The number of aliphatic carboxylic acids is 1. The summed E-state index contributed by atoms with van der Waals surface area (Å²) in [7, 11) is 0. The van der Waals surface area contributed by atoms with Crippen LogP contribution in [0.4, 0.5) is 0 Å². The van der Waals surface area contributed by atoms with Crippen molar-refractivity contribution in [2.45, 2.75) is 70.5 Å². The van der Waals surface area contributed by atoms with E-state index in [1.54, 1.807) is 30.3 Å². The Bertz CT molecular complexity index is 1230. The van der Waals surface area contributed by atoms with Crippen LogP contribution < -0.4 is 5.32 Å². The van der Waals surface area contributed by atoms with Crippen LogP contribution in [0.5, 0.6) is 0 Å². The van der Waals surface area contributed by atoms with Crippen LogP contribution in [0.3, 0.4) is 0 Å². The van der Waals surface area contributed by atoms with Crippen molar-refractivity contribution in [3.8, 4) is 0 Å². The summed E-state index contributed by atoms with van der Waals surface area (Å²) in [5.41, 5.74) is 1.72. The van der Waals surface area contributed by atoms with Crippen LogP contribution in [0.25, 0.3) is 0 Å². The van der Waals surface area contributed by atoms with Gasteiger partial charge in [0.1, 0.15) is 11.4 Å². The van der Waals surface area contributed by atoms with E-state index in [-0.39, 0.29) is 36.7 Å². The number of hydrogen-bond donors (Lipinski definition) is 2. The van der Waals surface area contributed by atoms with Gasteiger partial charge >= 0.3 is 5.97 Å². The molecule has 3 atom stereocenters. The fourth-order valence-corrected chi connectivity index (χ4v) is 6.20. The third-order valence-corrected chi connectivity index (χ3v) is 7.99. The van der Waals surface area contributed by atoms with Crippen molar-refractivity contribution in [2.24, 2.45) is 10.9 Å². The topological polar surface area (TPSA) is 99.1 Å². The van der Waals surface area contributed by atoms with Gasteiger partial charge in [0.25, 0.3) is 11.8 Å².